The fourth-order valence-electron chi connectivity index (χ4n) is 4.41. The summed E-state index contributed by atoms with van der Waals surface area (Å²) >= 11 is 24.4. The molecule has 2 saturated heterocycles. The molecule has 12 heteroatoms. The fraction of sp³-hybridized carbons (Fsp3) is 0.435. The van der Waals surface area contributed by atoms with Gasteiger partial charge in [0.15, 0.2) is 0 Å². The minimum absolute atomic E-state index is 0.0826. The van der Waals surface area contributed by atoms with Gasteiger partial charge in [-0.3, -0.25) is 4.79 Å². The van der Waals surface area contributed by atoms with E-state index in [4.69, 9.17) is 51.1 Å². The number of benzene rings is 2. The van der Waals surface area contributed by atoms with Gasteiger partial charge < -0.3 is 14.5 Å². The Kier molecular flexibility index (Phi) is 8.74. The van der Waals surface area contributed by atoms with Crippen molar-refractivity contribution >= 4 is 68.0 Å². The number of carbonyl (C=O) groups is 1. The molecule has 2 aliphatic heterocycles. The maximum atomic E-state index is 13.2. The summed E-state index contributed by atoms with van der Waals surface area (Å²) in [6.07, 6.45) is 1.33. The predicted octanol–water partition coefficient (Wildman–Crippen LogP) is 4.82. The van der Waals surface area contributed by atoms with Crippen molar-refractivity contribution in [1.82, 2.24) is 9.21 Å². The number of sulfonamides is 1. The molecule has 2 heterocycles. The zero-order valence-corrected chi connectivity index (χ0v) is 22.6. The molecular weight excluding hydrogens is 556 g/mol. The van der Waals surface area contributed by atoms with Gasteiger partial charge >= 0.3 is 0 Å². The number of anilines is 1. The Hall–Kier alpha value is -1.26. The highest BCUT2D eigenvalue weighted by molar-refractivity contribution is 7.89. The van der Waals surface area contributed by atoms with Gasteiger partial charge in [0.25, 0.3) is 0 Å². The van der Waals surface area contributed by atoms with Gasteiger partial charge in [-0.15, -0.1) is 0 Å². The van der Waals surface area contributed by atoms with Crippen LogP contribution in [0, 0.1) is 0 Å². The highest BCUT2D eigenvalue weighted by Gasteiger charge is 2.37. The number of halogens is 4. The third-order valence-electron chi connectivity index (χ3n) is 6.25. The van der Waals surface area contributed by atoms with E-state index in [-0.39, 0.29) is 40.1 Å². The van der Waals surface area contributed by atoms with Crippen molar-refractivity contribution < 1.29 is 17.9 Å². The SMILES string of the molecule is O=C(COCC1CCCN1S(=O)(=O)c1c(Cl)cccc1Cl)N1CCN(c2ccc(Cl)c(Cl)c2)CC1. The first kappa shape index (κ1) is 26.8. The molecule has 0 radical (unpaired) electrons. The summed E-state index contributed by atoms with van der Waals surface area (Å²) < 4.78 is 33.5. The molecule has 1 atom stereocenters. The van der Waals surface area contributed by atoms with E-state index in [9.17, 15) is 13.2 Å². The van der Waals surface area contributed by atoms with E-state index in [0.29, 0.717) is 55.6 Å². The molecule has 190 valence electrons. The molecule has 4 rings (SSSR count). The zero-order chi connectivity index (χ0) is 25.2. The molecule has 0 saturated carbocycles. The smallest absolute Gasteiger partial charge is 0.248 e. The molecule has 1 amide bonds. The first-order valence-electron chi connectivity index (χ1n) is 11.2. The van der Waals surface area contributed by atoms with Gasteiger partial charge in [-0.25, -0.2) is 8.42 Å². The first-order valence-corrected chi connectivity index (χ1v) is 14.1. The van der Waals surface area contributed by atoms with Gasteiger partial charge in [0, 0.05) is 44.5 Å². The van der Waals surface area contributed by atoms with E-state index >= 15 is 0 Å². The third kappa shape index (κ3) is 6.01. The van der Waals surface area contributed by atoms with Crippen molar-refractivity contribution in [2.24, 2.45) is 0 Å². The van der Waals surface area contributed by atoms with Gasteiger partial charge in [0.05, 0.1) is 26.7 Å². The lowest BCUT2D eigenvalue weighted by Gasteiger charge is -2.36. The molecule has 35 heavy (non-hydrogen) atoms. The first-order chi connectivity index (χ1) is 16.7. The quantitative estimate of drug-likeness (QED) is 0.470. The standard InChI is InChI=1S/C23H25Cl4N3O4S/c24-18-7-6-16(13-21(18)27)28-9-11-29(12-10-28)22(31)15-34-14-17-3-2-8-30(17)35(32,33)23-19(25)4-1-5-20(23)26/h1,4-7,13,17H,2-3,8-12,14-15H2. The third-order valence-corrected chi connectivity index (χ3v) is 9.89. The van der Waals surface area contributed by atoms with Crippen LogP contribution < -0.4 is 4.90 Å². The van der Waals surface area contributed by atoms with Crippen molar-refractivity contribution in [2.45, 2.75) is 23.8 Å². The summed E-state index contributed by atoms with van der Waals surface area (Å²) in [4.78, 5) is 16.5. The normalized spacial score (nSPS) is 19.4. The van der Waals surface area contributed by atoms with Crippen molar-refractivity contribution in [3.05, 3.63) is 56.5 Å². The average molecular weight is 581 g/mol. The number of ether oxygens (including phenoxy) is 1. The van der Waals surface area contributed by atoms with Crippen molar-refractivity contribution in [3.63, 3.8) is 0 Å². The molecule has 0 spiro atoms. The zero-order valence-electron chi connectivity index (χ0n) is 18.8. The van der Waals surface area contributed by atoms with E-state index in [1.807, 2.05) is 12.1 Å². The Morgan fingerprint density at radius 1 is 0.914 bits per heavy atom. The van der Waals surface area contributed by atoms with Gasteiger partial charge in [-0.2, -0.15) is 4.31 Å². The van der Waals surface area contributed by atoms with Gasteiger partial charge in [-0.1, -0.05) is 52.5 Å². The number of piperazine rings is 1. The lowest BCUT2D eigenvalue weighted by molar-refractivity contribution is -0.136. The molecule has 0 aromatic heterocycles. The summed E-state index contributed by atoms with van der Waals surface area (Å²) in [5.74, 6) is -0.125. The van der Waals surface area contributed by atoms with Crippen LogP contribution in [0.5, 0.6) is 0 Å². The number of carbonyl (C=O) groups excluding carboxylic acids is 1. The molecule has 2 aromatic carbocycles. The number of nitrogens with zero attached hydrogens (tertiary/aromatic N) is 3. The number of rotatable bonds is 7. The maximum Gasteiger partial charge on any atom is 0.248 e. The van der Waals surface area contributed by atoms with E-state index in [1.54, 1.807) is 17.0 Å². The lowest BCUT2D eigenvalue weighted by Crippen LogP contribution is -2.50. The minimum Gasteiger partial charge on any atom is -0.370 e. The molecule has 2 fully saturated rings. The Morgan fingerprint density at radius 3 is 2.26 bits per heavy atom. The topological polar surface area (TPSA) is 70.2 Å². The van der Waals surface area contributed by atoms with Crippen molar-refractivity contribution in [1.29, 1.82) is 0 Å². The van der Waals surface area contributed by atoms with E-state index < -0.39 is 10.0 Å². The number of hydrogen-bond acceptors (Lipinski definition) is 5. The van der Waals surface area contributed by atoms with Crippen LogP contribution in [0.2, 0.25) is 20.1 Å². The van der Waals surface area contributed by atoms with E-state index in [0.717, 1.165) is 5.69 Å². The van der Waals surface area contributed by atoms with Crippen LogP contribution in [-0.4, -0.2) is 75.5 Å². The fourth-order valence-corrected chi connectivity index (χ4v) is 7.47. The van der Waals surface area contributed by atoms with Crippen LogP contribution in [0.15, 0.2) is 41.3 Å². The summed E-state index contributed by atoms with van der Waals surface area (Å²) in [6, 6.07) is 9.71. The van der Waals surface area contributed by atoms with E-state index in [1.165, 1.54) is 16.4 Å². The summed E-state index contributed by atoms with van der Waals surface area (Å²) in [5, 5.41) is 1.17. The van der Waals surface area contributed by atoms with Crippen LogP contribution >= 0.6 is 46.4 Å². The predicted molar refractivity (Wildman–Crippen MR) is 139 cm³/mol. The largest absolute Gasteiger partial charge is 0.370 e. The van der Waals surface area contributed by atoms with Crippen molar-refractivity contribution in [3.8, 4) is 0 Å². The highest BCUT2D eigenvalue weighted by Crippen LogP contribution is 2.35. The second kappa shape index (κ2) is 11.4. The molecule has 0 N–H and O–H groups in total. The van der Waals surface area contributed by atoms with E-state index in [2.05, 4.69) is 4.90 Å². The molecule has 2 aliphatic rings. The Morgan fingerprint density at radius 2 is 1.60 bits per heavy atom. The molecule has 0 aliphatic carbocycles. The Labute approximate surface area is 225 Å². The second-order valence-electron chi connectivity index (χ2n) is 8.44. The minimum atomic E-state index is -3.89. The molecular formula is C23H25Cl4N3O4S. The highest BCUT2D eigenvalue weighted by atomic mass is 35.5. The lowest BCUT2D eigenvalue weighted by atomic mass is 10.2. The van der Waals surface area contributed by atoms with Crippen LogP contribution in [0.4, 0.5) is 5.69 Å². The van der Waals surface area contributed by atoms with Crippen molar-refractivity contribution in [2.75, 3.05) is 50.8 Å². The van der Waals surface area contributed by atoms with Crippen LogP contribution in [-0.2, 0) is 19.6 Å². The summed E-state index contributed by atoms with van der Waals surface area (Å²) in [6.45, 7) is 2.80. The van der Waals surface area contributed by atoms with Gasteiger partial charge in [0.2, 0.25) is 15.9 Å². The maximum absolute atomic E-state index is 13.2. The summed E-state index contributed by atoms with van der Waals surface area (Å²) in [7, 11) is -3.89. The van der Waals surface area contributed by atoms with Crippen LogP contribution in [0.1, 0.15) is 12.8 Å². The van der Waals surface area contributed by atoms with Crippen LogP contribution in [0.3, 0.4) is 0 Å². The van der Waals surface area contributed by atoms with Gasteiger partial charge in [0.1, 0.15) is 11.5 Å². The second-order valence-corrected chi connectivity index (χ2v) is 11.9. The average Bonchev–Trinajstić information content (AvgIpc) is 3.30. The summed E-state index contributed by atoms with van der Waals surface area (Å²) in [5.41, 5.74) is 0.962. The Balaban J connectivity index is 1.29. The molecule has 0 bridgehead atoms. The number of amides is 1. The number of hydrogen-bond donors (Lipinski definition) is 0. The van der Waals surface area contributed by atoms with Gasteiger partial charge in [-0.05, 0) is 43.2 Å². The van der Waals surface area contributed by atoms with Crippen LogP contribution in [0.25, 0.3) is 0 Å². The monoisotopic (exact) mass is 579 g/mol. The molecule has 2 aromatic rings. The molecule has 7 nitrogen and oxygen atoms in total. The molecule has 1 unspecified atom stereocenters. The Bertz CT molecular complexity index is 1170.